The van der Waals surface area contributed by atoms with Gasteiger partial charge in [-0.3, -0.25) is 14.4 Å². The van der Waals surface area contributed by atoms with E-state index in [-0.39, 0.29) is 42.6 Å². The summed E-state index contributed by atoms with van der Waals surface area (Å²) in [6.45, 7) is 5.32. The first-order chi connectivity index (χ1) is 15.4. The summed E-state index contributed by atoms with van der Waals surface area (Å²) in [5.74, 6) is 0.551. The Kier molecular flexibility index (Phi) is 6.86. The minimum atomic E-state index is -0.582. The molecule has 2 fully saturated rings. The Hall–Kier alpha value is -2.77. The molecule has 8 heteroatoms. The lowest BCUT2D eigenvalue weighted by Crippen LogP contribution is -2.51. The average molecular weight is 444 g/mol. The van der Waals surface area contributed by atoms with Gasteiger partial charge < -0.3 is 25.0 Å². The first-order valence-corrected chi connectivity index (χ1v) is 11.7. The van der Waals surface area contributed by atoms with Gasteiger partial charge in [-0.05, 0) is 37.3 Å². The molecule has 0 bridgehead atoms. The number of hydrogen-bond donors (Lipinski definition) is 2. The number of fused-ring (bicyclic) bond motifs is 1. The summed E-state index contributed by atoms with van der Waals surface area (Å²) in [7, 11) is 0. The molecule has 1 saturated heterocycles. The van der Waals surface area contributed by atoms with Crippen LogP contribution in [0.15, 0.2) is 18.2 Å². The number of anilines is 1. The minimum Gasteiger partial charge on any atom is -0.486 e. The second-order valence-electron chi connectivity index (χ2n) is 9.41. The normalized spacial score (nSPS) is 21.7. The Labute approximate surface area is 189 Å². The van der Waals surface area contributed by atoms with Gasteiger partial charge in [0.15, 0.2) is 11.5 Å². The molecule has 4 rings (SSSR count). The van der Waals surface area contributed by atoms with E-state index in [2.05, 4.69) is 10.6 Å². The quantitative estimate of drug-likeness (QED) is 0.675. The fourth-order valence-corrected chi connectivity index (χ4v) is 4.70. The Morgan fingerprint density at radius 1 is 1.12 bits per heavy atom. The minimum absolute atomic E-state index is 0.113. The van der Waals surface area contributed by atoms with Crippen LogP contribution in [0.2, 0.25) is 0 Å². The largest absolute Gasteiger partial charge is 0.486 e. The number of carbonyl (C=O) groups is 3. The number of carbonyl (C=O) groups excluding carboxylic acids is 3. The van der Waals surface area contributed by atoms with Gasteiger partial charge >= 0.3 is 0 Å². The molecule has 2 heterocycles. The van der Waals surface area contributed by atoms with Crippen LogP contribution in [0.3, 0.4) is 0 Å². The highest BCUT2D eigenvalue weighted by Gasteiger charge is 2.37. The Balaban J connectivity index is 1.39. The van der Waals surface area contributed by atoms with Crippen LogP contribution in [0.5, 0.6) is 11.5 Å². The molecule has 3 aliphatic rings. The lowest BCUT2D eigenvalue weighted by atomic mass is 10.0. The smallest absolute Gasteiger partial charge is 0.242 e. The molecular weight excluding hydrogens is 410 g/mol. The number of rotatable bonds is 7. The zero-order chi connectivity index (χ0) is 22.7. The van der Waals surface area contributed by atoms with Crippen LogP contribution in [0.4, 0.5) is 5.69 Å². The maximum Gasteiger partial charge on any atom is 0.242 e. The van der Waals surface area contributed by atoms with Crippen molar-refractivity contribution in [1.29, 1.82) is 0 Å². The lowest BCUT2D eigenvalue weighted by Gasteiger charge is -2.24. The molecule has 1 aromatic rings. The van der Waals surface area contributed by atoms with E-state index >= 15 is 0 Å². The Morgan fingerprint density at radius 2 is 1.84 bits per heavy atom. The maximum absolute atomic E-state index is 13.0. The molecule has 0 unspecified atom stereocenters. The van der Waals surface area contributed by atoms with E-state index in [1.807, 2.05) is 19.9 Å². The van der Waals surface area contributed by atoms with Crippen molar-refractivity contribution >= 4 is 23.4 Å². The highest BCUT2D eigenvalue weighted by Crippen LogP contribution is 2.36. The van der Waals surface area contributed by atoms with Gasteiger partial charge in [0.1, 0.15) is 19.3 Å². The predicted octanol–water partition coefficient (Wildman–Crippen LogP) is 2.40. The molecule has 2 N–H and O–H groups in total. The molecule has 8 nitrogen and oxygen atoms in total. The second kappa shape index (κ2) is 9.79. The highest BCUT2D eigenvalue weighted by atomic mass is 16.6. The van der Waals surface area contributed by atoms with Gasteiger partial charge in [0.05, 0.1) is 5.92 Å². The molecular formula is C24H33N3O5. The predicted molar refractivity (Wildman–Crippen MR) is 120 cm³/mol. The van der Waals surface area contributed by atoms with Crippen LogP contribution in [-0.4, -0.2) is 49.6 Å². The number of ether oxygens (including phenoxy) is 2. The van der Waals surface area contributed by atoms with Crippen LogP contribution in [-0.2, 0) is 14.4 Å². The monoisotopic (exact) mass is 443 g/mol. The Morgan fingerprint density at radius 3 is 2.56 bits per heavy atom. The van der Waals surface area contributed by atoms with Crippen LogP contribution in [0, 0.1) is 11.8 Å². The summed E-state index contributed by atoms with van der Waals surface area (Å²) < 4.78 is 11.2. The zero-order valence-corrected chi connectivity index (χ0v) is 18.9. The fraction of sp³-hybridized carbons (Fsp3) is 0.625. The number of amides is 3. The number of nitrogens with zero attached hydrogens (tertiary/aromatic N) is 1. The molecule has 2 atom stereocenters. The number of hydrogen-bond acceptors (Lipinski definition) is 5. The van der Waals surface area contributed by atoms with Gasteiger partial charge in [0.2, 0.25) is 17.7 Å². The van der Waals surface area contributed by atoms with E-state index in [9.17, 15) is 14.4 Å². The second-order valence-corrected chi connectivity index (χ2v) is 9.41. The van der Waals surface area contributed by atoms with Crippen molar-refractivity contribution < 1.29 is 23.9 Å². The standard InChI is InChI=1S/C24H33N3O5/c1-15(2)11-19(24(30)25-17-5-3-4-6-17)26-23(29)16-12-22(28)27(14-16)18-7-8-20-21(13-18)32-10-9-31-20/h7-8,13,15-17,19H,3-6,9-12,14H2,1-2H3,(H,25,30)(H,26,29)/t16-,19+/m1/s1. The molecule has 0 aromatic heterocycles. The van der Waals surface area contributed by atoms with Crippen LogP contribution >= 0.6 is 0 Å². The first kappa shape index (κ1) is 22.4. The SMILES string of the molecule is CC(C)C[C@H](NC(=O)[C@@H]1CC(=O)N(c2ccc3c(c2)OCCO3)C1)C(=O)NC1CCCC1. The van der Waals surface area contributed by atoms with E-state index in [0.29, 0.717) is 36.8 Å². The van der Waals surface area contributed by atoms with Crippen molar-refractivity contribution in [2.45, 2.75) is 64.5 Å². The van der Waals surface area contributed by atoms with Crippen molar-refractivity contribution in [3.63, 3.8) is 0 Å². The third-order valence-corrected chi connectivity index (χ3v) is 6.37. The van der Waals surface area contributed by atoms with Gasteiger partial charge in [-0.1, -0.05) is 26.7 Å². The zero-order valence-electron chi connectivity index (χ0n) is 18.9. The van der Waals surface area contributed by atoms with Gasteiger partial charge in [0, 0.05) is 30.8 Å². The summed E-state index contributed by atoms with van der Waals surface area (Å²) in [6.07, 6.45) is 4.94. The van der Waals surface area contributed by atoms with Crippen molar-refractivity contribution in [3.8, 4) is 11.5 Å². The molecule has 0 spiro atoms. The summed E-state index contributed by atoms with van der Waals surface area (Å²) >= 11 is 0. The lowest BCUT2D eigenvalue weighted by molar-refractivity contribution is -0.132. The van der Waals surface area contributed by atoms with Crippen molar-refractivity contribution in [2.75, 3.05) is 24.7 Å². The summed E-state index contributed by atoms with van der Waals surface area (Å²) in [5, 5.41) is 6.03. The van der Waals surface area contributed by atoms with Crippen LogP contribution < -0.4 is 25.0 Å². The third kappa shape index (κ3) is 5.16. The molecule has 1 saturated carbocycles. The summed E-state index contributed by atoms with van der Waals surface area (Å²) in [4.78, 5) is 40.2. The summed E-state index contributed by atoms with van der Waals surface area (Å²) in [6, 6.07) is 5.00. The molecule has 3 amide bonds. The van der Waals surface area contributed by atoms with Crippen molar-refractivity contribution in [1.82, 2.24) is 10.6 Å². The maximum atomic E-state index is 13.0. The third-order valence-electron chi connectivity index (χ3n) is 6.37. The summed E-state index contributed by atoms with van der Waals surface area (Å²) in [5.41, 5.74) is 0.687. The molecule has 2 aliphatic heterocycles. The fourth-order valence-electron chi connectivity index (χ4n) is 4.70. The van der Waals surface area contributed by atoms with Gasteiger partial charge in [-0.2, -0.15) is 0 Å². The number of benzene rings is 1. The van der Waals surface area contributed by atoms with Gasteiger partial charge in [-0.25, -0.2) is 0 Å². The average Bonchev–Trinajstić information content (AvgIpc) is 3.42. The number of nitrogens with one attached hydrogen (secondary N) is 2. The van der Waals surface area contributed by atoms with E-state index in [1.54, 1.807) is 17.0 Å². The molecule has 1 aromatic carbocycles. The van der Waals surface area contributed by atoms with Crippen LogP contribution in [0.1, 0.15) is 52.4 Å². The van der Waals surface area contributed by atoms with E-state index < -0.39 is 12.0 Å². The first-order valence-electron chi connectivity index (χ1n) is 11.7. The Bertz CT molecular complexity index is 865. The molecule has 1 aliphatic carbocycles. The van der Waals surface area contributed by atoms with Crippen LogP contribution in [0.25, 0.3) is 0 Å². The van der Waals surface area contributed by atoms with E-state index in [4.69, 9.17) is 9.47 Å². The van der Waals surface area contributed by atoms with Crippen molar-refractivity contribution in [3.05, 3.63) is 18.2 Å². The highest BCUT2D eigenvalue weighted by molar-refractivity contribution is 6.01. The van der Waals surface area contributed by atoms with Crippen molar-refractivity contribution in [2.24, 2.45) is 11.8 Å². The van der Waals surface area contributed by atoms with E-state index in [1.165, 1.54) is 0 Å². The molecule has 174 valence electrons. The van der Waals surface area contributed by atoms with Gasteiger partial charge in [-0.15, -0.1) is 0 Å². The van der Waals surface area contributed by atoms with E-state index in [0.717, 1.165) is 25.7 Å². The molecule has 32 heavy (non-hydrogen) atoms. The molecule has 0 radical (unpaired) electrons. The topological polar surface area (TPSA) is 97.0 Å². The van der Waals surface area contributed by atoms with Gasteiger partial charge in [0.25, 0.3) is 0 Å².